The lowest BCUT2D eigenvalue weighted by molar-refractivity contribution is 0.291. The maximum absolute atomic E-state index is 5.57. The highest BCUT2D eigenvalue weighted by atomic mass is 32.1. The van der Waals surface area contributed by atoms with Crippen molar-refractivity contribution in [1.29, 1.82) is 0 Å². The number of rotatable bonds is 5. The summed E-state index contributed by atoms with van der Waals surface area (Å²) in [6, 6.07) is 6.89. The van der Waals surface area contributed by atoms with E-state index in [2.05, 4.69) is 67.5 Å². The first-order valence-electron chi connectivity index (χ1n) is 7.24. The molecule has 0 radical (unpaired) electrons. The summed E-state index contributed by atoms with van der Waals surface area (Å²) in [5.41, 5.74) is 3.63. The predicted octanol–water partition coefficient (Wildman–Crippen LogP) is 4.16. The first kappa shape index (κ1) is 15.3. The highest BCUT2D eigenvalue weighted by molar-refractivity contribution is 7.71. The molecular weight excluding hydrogens is 266 g/mol. The molecule has 1 aromatic carbocycles. The molecule has 2 rings (SSSR count). The van der Waals surface area contributed by atoms with E-state index in [1.165, 1.54) is 11.1 Å². The Balaban J connectivity index is 2.53. The Labute approximate surface area is 126 Å². The van der Waals surface area contributed by atoms with E-state index in [1.54, 1.807) is 0 Å². The summed E-state index contributed by atoms with van der Waals surface area (Å²) < 4.78 is 3.13. The number of H-pyrrole nitrogens is 1. The molecule has 0 aliphatic rings. The minimum atomic E-state index is 0.410. The van der Waals surface area contributed by atoms with Crippen molar-refractivity contribution >= 4 is 23.3 Å². The number of imidazole rings is 1. The third kappa shape index (κ3) is 3.30. The largest absolute Gasteiger partial charge is 0.331 e. The fourth-order valence-corrected chi connectivity index (χ4v) is 3.18. The molecule has 0 bridgehead atoms. The summed E-state index contributed by atoms with van der Waals surface area (Å²) in [5.74, 6) is 0.650. The Kier molecular flexibility index (Phi) is 4.66. The lowest BCUT2D eigenvalue weighted by atomic mass is 10.0. The smallest absolute Gasteiger partial charge is 0.178 e. The van der Waals surface area contributed by atoms with Gasteiger partial charge in [0.05, 0.1) is 11.0 Å². The molecule has 0 fully saturated rings. The molecule has 2 aromatic rings. The molecule has 4 heteroatoms. The third-order valence-corrected chi connectivity index (χ3v) is 3.86. The Morgan fingerprint density at radius 2 is 2.00 bits per heavy atom. The number of aromatic amines is 1. The van der Waals surface area contributed by atoms with Crippen LogP contribution in [-0.4, -0.2) is 35.1 Å². The van der Waals surface area contributed by atoms with Crippen molar-refractivity contribution in [2.24, 2.45) is 5.92 Å². The van der Waals surface area contributed by atoms with Gasteiger partial charge >= 0.3 is 0 Å². The van der Waals surface area contributed by atoms with Gasteiger partial charge in [-0.05, 0) is 63.3 Å². The van der Waals surface area contributed by atoms with Gasteiger partial charge in [0.25, 0.3) is 0 Å². The van der Waals surface area contributed by atoms with Crippen molar-refractivity contribution in [1.82, 2.24) is 14.5 Å². The summed E-state index contributed by atoms with van der Waals surface area (Å²) in [6.45, 7) is 7.68. The molecule has 20 heavy (non-hydrogen) atoms. The zero-order valence-corrected chi connectivity index (χ0v) is 13.9. The van der Waals surface area contributed by atoms with Gasteiger partial charge in [0, 0.05) is 12.6 Å². The fourth-order valence-electron chi connectivity index (χ4n) is 2.82. The van der Waals surface area contributed by atoms with Gasteiger partial charge in [0.2, 0.25) is 0 Å². The zero-order chi connectivity index (χ0) is 14.9. The average Bonchev–Trinajstić information content (AvgIpc) is 2.62. The van der Waals surface area contributed by atoms with Crippen LogP contribution in [0.1, 0.15) is 31.9 Å². The number of benzene rings is 1. The molecule has 0 aliphatic heterocycles. The van der Waals surface area contributed by atoms with Crippen LogP contribution in [-0.2, 0) is 0 Å². The Hall–Kier alpha value is -1.13. The second-order valence-corrected chi connectivity index (χ2v) is 6.75. The highest BCUT2D eigenvalue weighted by Gasteiger charge is 2.18. The van der Waals surface area contributed by atoms with E-state index in [1.807, 2.05) is 0 Å². The summed E-state index contributed by atoms with van der Waals surface area (Å²) >= 11 is 5.57. The van der Waals surface area contributed by atoms with Crippen molar-refractivity contribution in [2.45, 2.75) is 33.2 Å². The van der Waals surface area contributed by atoms with E-state index in [0.29, 0.717) is 12.0 Å². The number of fused-ring (bicyclic) bond motifs is 1. The molecule has 1 N–H and O–H groups in total. The van der Waals surface area contributed by atoms with Crippen LogP contribution < -0.4 is 0 Å². The zero-order valence-electron chi connectivity index (χ0n) is 13.1. The van der Waals surface area contributed by atoms with Crippen LogP contribution in [0.5, 0.6) is 0 Å². The molecule has 0 aliphatic carbocycles. The van der Waals surface area contributed by atoms with Crippen molar-refractivity contribution in [3.63, 3.8) is 0 Å². The second kappa shape index (κ2) is 6.10. The highest BCUT2D eigenvalue weighted by Crippen LogP contribution is 2.25. The Bertz CT molecular complexity index is 627. The Morgan fingerprint density at radius 1 is 1.30 bits per heavy atom. The van der Waals surface area contributed by atoms with Crippen molar-refractivity contribution in [2.75, 3.05) is 20.6 Å². The quantitative estimate of drug-likeness (QED) is 0.837. The van der Waals surface area contributed by atoms with E-state index < -0.39 is 0 Å². The molecule has 3 nitrogen and oxygen atoms in total. The van der Waals surface area contributed by atoms with Crippen LogP contribution in [0, 0.1) is 17.6 Å². The van der Waals surface area contributed by atoms with Crippen LogP contribution in [0.4, 0.5) is 0 Å². The van der Waals surface area contributed by atoms with Gasteiger partial charge in [-0.25, -0.2) is 0 Å². The molecule has 110 valence electrons. The second-order valence-electron chi connectivity index (χ2n) is 6.37. The summed E-state index contributed by atoms with van der Waals surface area (Å²) in [6.07, 6.45) is 1.13. The number of nitrogens with zero attached hydrogens (tertiary/aromatic N) is 2. The number of nitrogens with one attached hydrogen (secondary N) is 1. The van der Waals surface area contributed by atoms with Gasteiger partial charge in [0.15, 0.2) is 4.77 Å². The number of hydrogen-bond acceptors (Lipinski definition) is 2. The minimum absolute atomic E-state index is 0.410. The van der Waals surface area contributed by atoms with Crippen molar-refractivity contribution in [3.8, 4) is 0 Å². The maximum atomic E-state index is 5.57. The van der Waals surface area contributed by atoms with E-state index >= 15 is 0 Å². The summed E-state index contributed by atoms with van der Waals surface area (Å²) in [7, 11) is 4.24. The Morgan fingerprint density at radius 3 is 2.60 bits per heavy atom. The minimum Gasteiger partial charge on any atom is -0.331 e. The van der Waals surface area contributed by atoms with Crippen molar-refractivity contribution in [3.05, 3.63) is 28.5 Å². The van der Waals surface area contributed by atoms with Gasteiger partial charge in [-0.15, -0.1) is 0 Å². The first-order valence-corrected chi connectivity index (χ1v) is 7.65. The maximum Gasteiger partial charge on any atom is 0.178 e. The van der Waals surface area contributed by atoms with Crippen LogP contribution in [0.15, 0.2) is 18.2 Å². The topological polar surface area (TPSA) is 24.0 Å². The molecule has 1 atom stereocenters. The van der Waals surface area contributed by atoms with Crippen LogP contribution in [0.2, 0.25) is 0 Å². The predicted molar refractivity (Wildman–Crippen MR) is 88.9 cm³/mol. The van der Waals surface area contributed by atoms with Gasteiger partial charge in [0.1, 0.15) is 0 Å². The number of aromatic nitrogens is 2. The fraction of sp³-hybridized carbons (Fsp3) is 0.562. The first-order chi connectivity index (χ1) is 9.38. The van der Waals surface area contributed by atoms with Gasteiger partial charge in [-0.3, -0.25) is 0 Å². The average molecular weight is 291 g/mol. The molecule has 1 heterocycles. The summed E-state index contributed by atoms with van der Waals surface area (Å²) in [4.78, 5) is 5.58. The standard InChI is InChI=1S/C16H25N3S/c1-11(2)8-13(10-18(4)5)19-15-9-12(3)6-7-14(15)17-16(19)20/h6-7,9,11,13H,8,10H2,1-5H3,(H,17,20). The van der Waals surface area contributed by atoms with Crippen LogP contribution >= 0.6 is 12.2 Å². The van der Waals surface area contributed by atoms with E-state index in [0.717, 1.165) is 23.3 Å². The van der Waals surface area contributed by atoms with Crippen molar-refractivity contribution < 1.29 is 0 Å². The molecule has 1 aromatic heterocycles. The normalized spacial score (nSPS) is 13.6. The molecule has 0 saturated heterocycles. The monoisotopic (exact) mass is 291 g/mol. The SMILES string of the molecule is Cc1ccc2[nH]c(=S)n(C(CC(C)C)CN(C)C)c2c1. The van der Waals surface area contributed by atoms with Gasteiger partial charge < -0.3 is 14.5 Å². The molecule has 0 saturated carbocycles. The van der Waals surface area contributed by atoms with Gasteiger partial charge in [-0.2, -0.15) is 0 Å². The van der Waals surface area contributed by atoms with Gasteiger partial charge in [-0.1, -0.05) is 19.9 Å². The van der Waals surface area contributed by atoms with Crippen LogP contribution in [0.3, 0.4) is 0 Å². The summed E-state index contributed by atoms with van der Waals surface area (Å²) in [5, 5.41) is 0. The lowest BCUT2D eigenvalue weighted by Crippen LogP contribution is -2.25. The van der Waals surface area contributed by atoms with E-state index in [-0.39, 0.29) is 0 Å². The number of hydrogen-bond donors (Lipinski definition) is 1. The van der Waals surface area contributed by atoms with E-state index in [9.17, 15) is 0 Å². The number of aryl methyl sites for hydroxylation is 1. The number of likely N-dealkylation sites (N-methyl/N-ethyl adjacent to an activating group) is 1. The molecular formula is C16H25N3S. The molecule has 0 spiro atoms. The van der Waals surface area contributed by atoms with E-state index in [4.69, 9.17) is 12.2 Å². The molecule has 0 amide bonds. The third-order valence-electron chi connectivity index (χ3n) is 3.56. The van der Waals surface area contributed by atoms with Crippen LogP contribution in [0.25, 0.3) is 11.0 Å². The molecule has 1 unspecified atom stereocenters. The lowest BCUT2D eigenvalue weighted by Gasteiger charge is -2.25.